The van der Waals surface area contributed by atoms with E-state index in [1.165, 1.54) is 12.1 Å². The lowest BCUT2D eigenvalue weighted by Gasteiger charge is -2.03. The van der Waals surface area contributed by atoms with Crippen LogP contribution in [0, 0.1) is 10.1 Å². The van der Waals surface area contributed by atoms with E-state index < -0.39 is 11.0 Å². The number of primary amides is 1. The SMILES string of the molecule is NC(=O)Nc1ccc([N+](=O)[O-])cc1Cl. The summed E-state index contributed by atoms with van der Waals surface area (Å²) in [6.07, 6.45) is 0. The third-order valence-electron chi connectivity index (χ3n) is 1.42. The average molecular weight is 216 g/mol. The van der Waals surface area contributed by atoms with Gasteiger partial charge in [-0.25, -0.2) is 4.79 Å². The molecule has 0 bridgehead atoms. The Hall–Kier alpha value is -1.82. The van der Waals surface area contributed by atoms with Crippen molar-refractivity contribution in [3.63, 3.8) is 0 Å². The number of benzene rings is 1. The molecule has 1 aromatic rings. The Morgan fingerprint density at radius 2 is 2.21 bits per heavy atom. The van der Waals surface area contributed by atoms with Crippen LogP contribution in [0.5, 0.6) is 0 Å². The quantitative estimate of drug-likeness (QED) is 0.581. The maximum atomic E-state index is 10.5. The van der Waals surface area contributed by atoms with Crippen LogP contribution in [0.25, 0.3) is 0 Å². The number of urea groups is 1. The number of rotatable bonds is 2. The molecule has 0 heterocycles. The fourth-order valence-corrected chi connectivity index (χ4v) is 1.07. The first-order valence-electron chi connectivity index (χ1n) is 3.51. The summed E-state index contributed by atoms with van der Waals surface area (Å²) >= 11 is 5.64. The lowest BCUT2D eigenvalue weighted by molar-refractivity contribution is -0.384. The molecule has 0 saturated heterocycles. The van der Waals surface area contributed by atoms with Gasteiger partial charge in [0, 0.05) is 12.1 Å². The van der Waals surface area contributed by atoms with Crippen molar-refractivity contribution >= 4 is 29.0 Å². The van der Waals surface area contributed by atoms with E-state index in [-0.39, 0.29) is 16.4 Å². The van der Waals surface area contributed by atoms with E-state index in [0.717, 1.165) is 6.07 Å². The van der Waals surface area contributed by atoms with E-state index >= 15 is 0 Å². The Kier molecular flexibility index (Phi) is 2.88. The van der Waals surface area contributed by atoms with Gasteiger partial charge in [-0.1, -0.05) is 11.6 Å². The van der Waals surface area contributed by atoms with Gasteiger partial charge in [-0.2, -0.15) is 0 Å². The second-order valence-electron chi connectivity index (χ2n) is 2.41. The van der Waals surface area contributed by atoms with Crippen molar-refractivity contribution < 1.29 is 9.72 Å². The van der Waals surface area contributed by atoms with Crippen LogP contribution in [0.15, 0.2) is 18.2 Å². The number of halogens is 1. The minimum Gasteiger partial charge on any atom is -0.351 e. The van der Waals surface area contributed by atoms with Crippen molar-refractivity contribution in [2.45, 2.75) is 0 Å². The summed E-state index contributed by atoms with van der Waals surface area (Å²) in [5, 5.41) is 12.6. The predicted molar refractivity (Wildman–Crippen MR) is 51.3 cm³/mol. The second kappa shape index (κ2) is 3.93. The van der Waals surface area contributed by atoms with Gasteiger partial charge in [-0.15, -0.1) is 0 Å². The van der Waals surface area contributed by atoms with Crippen molar-refractivity contribution in [2.75, 3.05) is 5.32 Å². The van der Waals surface area contributed by atoms with E-state index in [0.29, 0.717) is 0 Å². The number of nitrogens with one attached hydrogen (secondary N) is 1. The zero-order chi connectivity index (χ0) is 10.7. The van der Waals surface area contributed by atoms with Crippen LogP contribution < -0.4 is 11.1 Å². The number of anilines is 1. The van der Waals surface area contributed by atoms with E-state index in [9.17, 15) is 14.9 Å². The van der Waals surface area contributed by atoms with Gasteiger partial charge < -0.3 is 11.1 Å². The molecular weight excluding hydrogens is 210 g/mol. The molecule has 6 nitrogen and oxygen atoms in total. The highest BCUT2D eigenvalue weighted by atomic mass is 35.5. The summed E-state index contributed by atoms with van der Waals surface area (Å²) in [6, 6.07) is 2.88. The molecule has 0 aliphatic rings. The van der Waals surface area contributed by atoms with Gasteiger partial charge in [-0.3, -0.25) is 10.1 Å². The first-order valence-corrected chi connectivity index (χ1v) is 3.89. The highest BCUT2D eigenvalue weighted by Crippen LogP contribution is 2.26. The van der Waals surface area contributed by atoms with Crippen molar-refractivity contribution in [2.24, 2.45) is 5.73 Å². The molecular formula is C7H6ClN3O3. The normalized spacial score (nSPS) is 9.50. The van der Waals surface area contributed by atoms with E-state index in [2.05, 4.69) is 5.32 Å². The molecule has 2 amide bonds. The predicted octanol–water partition coefficient (Wildman–Crippen LogP) is 1.74. The zero-order valence-electron chi connectivity index (χ0n) is 6.86. The van der Waals surface area contributed by atoms with Crippen LogP contribution in [-0.4, -0.2) is 11.0 Å². The first kappa shape index (κ1) is 10.3. The van der Waals surface area contributed by atoms with Gasteiger partial charge in [0.05, 0.1) is 15.6 Å². The van der Waals surface area contributed by atoms with Gasteiger partial charge in [-0.05, 0) is 6.07 Å². The Morgan fingerprint density at radius 3 is 2.64 bits per heavy atom. The maximum Gasteiger partial charge on any atom is 0.316 e. The summed E-state index contributed by atoms with van der Waals surface area (Å²) in [6.45, 7) is 0. The molecule has 14 heavy (non-hydrogen) atoms. The molecule has 0 unspecified atom stereocenters. The van der Waals surface area contributed by atoms with Crippen LogP contribution in [0.4, 0.5) is 16.2 Å². The number of non-ortho nitro benzene ring substituents is 1. The summed E-state index contributed by atoms with van der Waals surface area (Å²) in [4.78, 5) is 20.2. The highest BCUT2D eigenvalue weighted by molar-refractivity contribution is 6.33. The first-order chi connectivity index (χ1) is 6.50. The lowest BCUT2D eigenvalue weighted by atomic mass is 10.3. The Balaban J connectivity index is 3.01. The Labute approximate surface area is 83.8 Å². The molecule has 0 saturated carbocycles. The summed E-state index contributed by atoms with van der Waals surface area (Å²) in [7, 11) is 0. The molecule has 0 radical (unpaired) electrons. The molecule has 0 fully saturated rings. The van der Waals surface area contributed by atoms with Gasteiger partial charge in [0.2, 0.25) is 0 Å². The Morgan fingerprint density at radius 1 is 1.57 bits per heavy atom. The molecule has 1 aromatic carbocycles. The van der Waals surface area contributed by atoms with Crippen molar-refractivity contribution in [3.8, 4) is 0 Å². The minimum absolute atomic E-state index is 0.0676. The van der Waals surface area contributed by atoms with Crippen LogP contribution in [-0.2, 0) is 0 Å². The van der Waals surface area contributed by atoms with Gasteiger partial charge >= 0.3 is 6.03 Å². The number of carbonyl (C=O) groups excluding carboxylic acids is 1. The van der Waals surface area contributed by atoms with Gasteiger partial charge in [0.1, 0.15) is 0 Å². The fraction of sp³-hybridized carbons (Fsp3) is 0. The number of hydrogen-bond donors (Lipinski definition) is 2. The standard InChI is InChI=1S/C7H6ClN3O3/c8-5-3-4(11(13)14)1-2-6(5)10-7(9)12/h1-3H,(H3,9,10,12). The molecule has 0 spiro atoms. The molecule has 0 aromatic heterocycles. The number of nitro benzene ring substituents is 1. The zero-order valence-corrected chi connectivity index (χ0v) is 7.62. The summed E-state index contributed by atoms with van der Waals surface area (Å²) in [5.74, 6) is 0. The molecule has 1 rings (SSSR count). The summed E-state index contributed by atoms with van der Waals surface area (Å²) < 4.78 is 0. The van der Waals surface area contributed by atoms with Crippen molar-refractivity contribution in [1.82, 2.24) is 0 Å². The molecule has 74 valence electrons. The number of nitrogens with zero attached hydrogens (tertiary/aromatic N) is 1. The minimum atomic E-state index is -0.777. The topological polar surface area (TPSA) is 98.3 Å². The third-order valence-corrected chi connectivity index (χ3v) is 1.73. The Bertz CT molecular complexity index is 394. The van der Waals surface area contributed by atoms with Gasteiger partial charge in [0.25, 0.3) is 5.69 Å². The van der Waals surface area contributed by atoms with Crippen LogP contribution in [0.3, 0.4) is 0 Å². The third kappa shape index (κ3) is 2.33. The van der Waals surface area contributed by atoms with Crippen molar-refractivity contribution in [3.05, 3.63) is 33.3 Å². The van der Waals surface area contributed by atoms with Crippen LogP contribution >= 0.6 is 11.6 Å². The number of amides is 2. The van der Waals surface area contributed by atoms with E-state index in [4.69, 9.17) is 17.3 Å². The second-order valence-corrected chi connectivity index (χ2v) is 2.82. The summed E-state index contributed by atoms with van der Waals surface area (Å²) in [5.41, 5.74) is 4.94. The number of hydrogen-bond acceptors (Lipinski definition) is 3. The molecule has 0 atom stereocenters. The molecule has 3 N–H and O–H groups in total. The van der Waals surface area contributed by atoms with Crippen molar-refractivity contribution in [1.29, 1.82) is 0 Å². The fourth-order valence-electron chi connectivity index (χ4n) is 0.852. The molecule has 7 heteroatoms. The van der Waals surface area contributed by atoms with E-state index in [1.54, 1.807) is 0 Å². The highest BCUT2D eigenvalue weighted by Gasteiger charge is 2.09. The number of carbonyl (C=O) groups is 1. The largest absolute Gasteiger partial charge is 0.351 e. The van der Waals surface area contributed by atoms with Crippen LogP contribution in [0.1, 0.15) is 0 Å². The number of nitro groups is 1. The molecule has 0 aliphatic carbocycles. The average Bonchev–Trinajstić information content (AvgIpc) is 2.07. The lowest BCUT2D eigenvalue weighted by Crippen LogP contribution is -2.19. The number of nitrogens with two attached hydrogens (primary N) is 1. The smallest absolute Gasteiger partial charge is 0.316 e. The van der Waals surface area contributed by atoms with E-state index in [1.807, 2.05) is 0 Å². The monoisotopic (exact) mass is 215 g/mol. The molecule has 0 aliphatic heterocycles. The van der Waals surface area contributed by atoms with Gasteiger partial charge in [0.15, 0.2) is 0 Å². The maximum absolute atomic E-state index is 10.5. The van der Waals surface area contributed by atoms with Crippen LogP contribution in [0.2, 0.25) is 5.02 Å².